The lowest BCUT2D eigenvalue weighted by Gasteiger charge is -2.37. The van der Waals surface area contributed by atoms with Crippen molar-refractivity contribution in [1.82, 2.24) is 10.2 Å². The van der Waals surface area contributed by atoms with Gasteiger partial charge in [0.05, 0.1) is 12.7 Å². The maximum Gasteiger partial charge on any atom is 0.0855 e. The zero-order valence-electron chi connectivity index (χ0n) is 14.0. The van der Waals surface area contributed by atoms with Crippen LogP contribution in [0.15, 0.2) is 0 Å². The largest absolute Gasteiger partial charge is 0.374 e. The molecule has 1 rings (SSSR count). The molecule has 3 nitrogen and oxygen atoms in total. The number of rotatable bonds is 11. The average Bonchev–Trinajstić information content (AvgIpc) is 2.50. The van der Waals surface area contributed by atoms with Crippen LogP contribution < -0.4 is 5.32 Å². The Morgan fingerprint density at radius 1 is 1.10 bits per heavy atom. The maximum absolute atomic E-state index is 6.04. The van der Waals surface area contributed by atoms with Gasteiger partial charge in [-0.1, -0.05) is 52.9 Å². The smallest absolute Gasteiger partial charge is 0.0855 e. The third-order valence-electron chi connectivity index (χ3n) is 4.35. The van der Waals surface area contributed by atoms with E-state index in [1.807, 2.05) is 0 Å². The summed E-state index contributed by atoms with van der Waals surface area (Å²) >= 11 is 0. The summed E-state index contributed by atoms with van der Waals surface area (Å²) in [6.07, 6.45) is 9.69. The molecular weight excluding hydrogens is 248 g/mol. The molecule has 0 aromatic carbocycles. The molecule has 1 N–H and O–H groups in total. The fraction of sp³-hybridized carbons (Fsp3) is 1.00. The molecule has 2 atom stereocenters. The van der Waals surface area contributed by atoms with Crippen molar-refractivity contribution in [2.24, 2.45) is 0 Å². The van der Waals surface area contributed by atoms with Gasteiger partial charge in [0.1, 0.15) is 0 Å². The van der Waals surface area contributed by atoms with E-state index in [0.717, 1.165) is 32.8 Å². The topological polar surface area (TPSA) is 24.5 Å². The Hall–Kier alpha value is -0.120. The van der Waals surface area contributed by atoms with Crippen molar-refractivity contribution in [3.05, 3.63) is 0 Å². The van der Waals surface area contributed by atoms with E-state index in [-0.39, 0.29) is 0 Å². The molecule has 0 spiro atoms. The minimum Gasteiger partial charge on any atom is -0.374 e. The normalized spacial score (nSPS) is 22.1. The van der Waals surface area contributed by atoms with Gasteiger partial charge in [-0.25, -0.2) is 0 Å². The lowest BCUT2D eigenvalue weighted by molar-refractivity contribution is -0.0464. The highest BCUT2D eigenvalue weighted by molar-refractivity contribution is 4.82. The minimum absolute atomic E-state index is 0.390. The number of morpholine rings is 1. The van der Waals surface area contributed by atoms with Crippen molar-refractivity contribution in [2.45, 2.75) is 77.9 Å². The number of hydrogen-bond donors (Lipinski definition) is 1. The Kier molecular flexibility index (Phi) is 10.3. The van der Waals surface area contributed by atoms with E-state index in [0.29, 0.717) is 12.1 Å². The van der Waals surface area contributed by atoms with Gasteiger partial charge in [-0.05, 0) is 25.9 Å². The predicted octanol–water partition coefficient (Wildman–Crippen LogP) is 3.44. The quantitative estimate of drug-likeness (QED) is 0.588. The van der Waals surface area contributed by atoms with Crippen molar-refractivity contribution < 1.29 is 4.74 Å². The van der Waals surface area contributed by atoms with Crippen molar-refractivity contribution >= 4 is 0 Å². The molecule has 1 aliphatic rings. The van der Waals surface area contributed by atoms with E-state index in [9.17, 15) is 0 Å². The molecule has 0 aliphatic carbocycles. The first kappa shape index (κ1) is 17.9. The van der Waals surface area contributed by atoms with Crippen LogP contribution in [-0.2, 0) is 4.74 Å². The minimum atomic E-state index is 0.390. The molecule has 0 amide bonds. The summed E-state index contributed by atoms with van der Waals surface area (Å²) in [7, 11) is 0. The third-order valence-corrected chi connectivity index (χ3v) is 4.35. The molecule has 0 aromatic rings. The molecule has 1 heterocycles. The van der Waals surface area contributed by atoms with Gasteiger partial charge in [0.2, 0.25) is 0 Å². The van der Waals surface area contributed by atoms with E-state index >= 15 is 0 Å². The first-order valence-corrected chi connectivity index (χ1v) is 8.89. The molecule has 1 fully saturated rings. The van der Waals surface area contributed by atoms with Crippen LogP contribution in [0.5, 0.6) is 0 Å². The molecule has 2 unspecified atom stereocenters. The van der Waals surface area contributed by atoms with Crippen LogP contribution in [-0.4, -0.2) is 49.8 Å². The third kappa shape index (κ3) is 7.05. The molecule has 1 aliphatic heterocycles. The van der Waals surface area contributed by atoms with Gasteiger partial charge in [-0.15, -0.1) is 0 Å². The van der Waals surface area contributed by atoms with Crippen LogP contribution >= 0.6 is 0 Å². The van der Waals surface area contributed by atoms with E-state index in [1.54, 1.807) is 0 Å². The summed E-state index contributed by atoms with van der Waals surface area (Å²) in [6.45, 7) is 12.1. The first-order valence-electron chi connectivity index (χ1n) is 8.89. The van der Waals surface area contributed by atoms with E-state index < -0.39 is 0 Å². The Labute approximate surface area is 126 Å². The monoisotopic (exact) mass is 284 g/mol. The average molecular weight is 284 g/mol. The highest BCUT2D eigenvalue weighted by Gasteiger charge is 2.26. The first-order chi connectivity index (χ1) is 9.81. The van der Waals surface area contributed by atoms with Crippen LogP contribution in [0.4, 0.5) is 0 Å². The number of likely N-dealkylation sites (N-methyl/N-ethyl adjacent to an activating group) is 1. The lowest BCUT2D eigenvalue weighted by Crippen LogP contribution is -2.52. The summed E-state index contributed by atoms with van der Waals surface area (Å²) in [4.78, 5) is 2.52. The molecule has 20 heavy (non-hydrogen) atoms. The van der Waals surface area contributed by atoms with Crippen LogP contribution in [0.2, 0.25) is 0 Å². The second-order valence-corrected chi connectivity index (χ2v) is 6.07. The summed E-state index contributed by atoms with van der Waals surface area (Å²) < 4.78 is 6.04. The van der Waals surface area contributed by atoms with Crippen LogP contribution in [0.3, 0.4) is 0 Å². The molecule has 3 heteroatoms. The van der Waals surface area contributed by atoms with Gasteiger partial charge >= 0.3 is 0 Å². The Morgan fingerprint density at radius 2 is 1.90 bits per heavy atom. The van der Waals surface area contributed by atoms with E-state index in [2.05, 4.69) is 31.0 Å². The predicted molar refractivity (Wildman–Crippen MR) is 87.3 cm³/mol. The summed E-state index contributed by atoms with van der Waals surface area (Å²) in [5.41, 5.74) is 0. The second-order valence-electron chi connectivity index (χ2n) is 6.07. The highest BCUT2D eigenvalue weighted by atomic mass is 16.5. The van der Waals surface area contributed by atoms with Gasteiger partial charge in [0, 0.05) is 19.1 Å². The van der Waals surface area contributed by atoms with Gasteiger partial charge in [0.25, 0.3) is 0 Å². The molecule has 0 saturated carbocycles. The number of nitrogens with one attached hydrogen (secondary N) is 1. The van der Waals surface area contributed by atoms with Gasteiger partial charge in [-0.3, -0.25) is 4.90 Å². The van der Waals surface area contributed by atoms with Gasteiger partial charge < -0.3 is 10.1 Å². The van der Waals surface area contributed by atoms with E-state index in [1.165, 1.54) is 44.9 Å². The van der Waals surface area contributed by atoms with Gasteiger partial charge in [0.15, 0.2) is 0 Å². The zero-order valence-corrected chi connectivity index (χ0v) is 14.0. The lowest BCUT2D eigenvalue weighted by atomic mass is 10.0. The van der Waals surface area contributed by atoms with Gasteiger partial charge in [-0.2, -0.15) is 0 Å². The molecule has 120 valence electrons. The second kappa shape index (κ2) is 11.5. The van der Waals surface area contributed by atoms with Crippen LogP contribution in [0.25, 0.3) is 0 Å². The number of unbranched alkanes of at least 4 members (excludes halogenated alkanes) is 4. The Balaban J connectivity index is 2.33. The Morgan fingerprint density at radius 3 is 2.60 bits per heavy atom. The van der Waals surface area contributed by atoms with Crippen molar-refractivity contribution in [3.8, 4) is 0 Å². The molecule has 0 aromatic heterocycles. The molecular formula is C17H36N2O. The number of nitrogens with zero attached hydrogens (tertiary/aromatic N) is 1. The Bertz CT molecular complexity index is 223. The van der Waals surface area contributed by atoms with Crippen molar-refractivity contribution in [3.63, 3.8) is 0 Å². The number of hydrogen-bond acceptors (Lipinski definition) is 3. The zero-order chi connectivity index (χ0) is 14.6. The van der Waals surface area contributed by atoms with Crippen molar-refractivity contribution in [1.29, 1.82) is 0 Å². The fourth-order valence-electron chi connectivity index (χ4n) is 2.98. The standard InChI is InChI=1S/C17H36N2O/c1-4-7-8-9-10-11-16(18-12-5-2)17-15-19(6-3)13-14-20-17/h16-18H,4-15H2,1-3H3. The van der Waals surface area contributed by atoms with Crippen LogP contribution in [0, 0.1) is 0 Å². The summed E-state index contributed by atoms with van der Waals surface area (Å²) in [5.74, 6) is 0. The fourth-order valence-corrected chi connectivity index (χ4v) is 2.98. The summed E-state index contributed by atoms with van der Waals surface area (Å²) in [5, 5.41) is 3.72. The van der Waals surface area contributed by atoms with Crippen molar-refractivity contribution in [2.75, 3.05) is 32.8 Å². The molecule has 0 bridgehead atoms. The number of ether oxygens (including phenoxy) is 1. The van der Waals surface area contributed by atoms with E-state index in [4.69, 9.17) is 4.74 Å². The highest BCUT2D eigenvalue weighted by Crippen LogP contribution is 2.15. The molecule has 0 radical (unpaired) electrons. The maximum atomic E-state index is 6.04. The SMILES string of the molecule is CCCCCCCC(NCCC)C1CN(CC)CCO1. The summed E-state index contributed by atoms with van der Waals surface area (Å²) in [6, 6.07) is 0.547. The van der Waals surface area contributed by atoms with Crippen LogP contribution in [0.1, 0.15) is 65.7 Å². The molecule has 1 saturated heterocycles.